The minimum Gasteiger partial charge on any atom is -0.492 e. The molecule has 1 aromatic heterocycles. The van der Waals surface area contributed by atoms with Gasteiger partial charge in [-0.15, -0.1) is 11.3 Å². The first-order valence-corrected chi connectivity index (χ1v) is 25.8. The highest BCUT2D eigenvalue weighted by atomic mass is 32.1. The molecule has 0 bridgehead atoms. The molecule has 4 amide bonds. The van der Waals surface area contributed by atoms with Crippen LogP contribution in [0.15, 0.2) is 139 Å². The lowest BCUT2D eigenvalue weighted by Gasteiger charge is -2.30. The molecule has 6 aromatic rings. The second-order valence-corrected chi connectivity index (χ2v) is 19.5. The molecule has 0 saturated carbocycles. The Balaban J connectivity index is 0.800. The Morgan fingerprint density at radius 1 is 0.819 bits per heavy atom. The van der Waals surface area contributed by atoms with Crippen LogP contribution in [0.3, 0.4) is 0 Å². The number of ether oxygens (including phenoxy) is 2. The fraction of sp³-hybridized carbons (Fsp3) is 0.339. The third kappa shape index (κ3) is 14.3. The number of nitrogens with zero attached hydrogens (tertiary/aromatic N) is 3. The number of amides is 4. The first-order chi connectivity index (χ1) is 34.9. The number of nitrogens with one attached hydrogen (secondary N) is 2. The Hall–Kier alpha value is -7.09. The summed E-state index contributed by atoms with van der Waals surface area (Å²) in [5.41, 5.74) is 12.6. The van der Waals surface area contributed by atoms with Gasteiger partial charge in [0.25, 0.3) is 0 Å². The number of allylic oxidation sites excluding steroid dienone is 1. The molecule has 376 valence electrons. The standard InChI is InChI=1S/C59H67N5O7S/c1-6-51(45-16-9-7-10-17-45)54(46-18-11-8-12-19-46)47-29-31-50(32-30-47)70-34-33-63(5)59(69)71-38-44-23-21-42(22-24-44)15-13-14-20-53(66)62-55(40(2)3)58(68)64-37-49(65)35-52(64)57(67)60-36-43-25-27-48(28-26-43)56-41(4)61-39-72-56/h7-12,16-19,21-32,39-40,49,52,55,65H,6,13-15,20,33-38H2,1-5H3,(H,60,67)(H,62,66)/b54-51-/t49-,52+,55+/m1/s1. The Labute approximate surface area is 428 Å². The zero-order valence-electron chi connectivity index (χ0n) is 42.0. The normalized spacial score (nSPS) is 15.1. The monoisotopic (exact) mass is 989 g/mol. The van der Waals surface area contributed by atoms with Crippen LogP contribution in [0.1, 0.15) is 91.9 Å². The smallest absolute Gasteiger partial charge is 0.409 e. The minimum atomic E-state index is -0.844. The molecule has 7 rings (SSSR count). The van der Waals surface area contributed by atoms with Gasteiger partial charge in [-0.05, 0) is 101 Å². The van der Waals surface area contributed by atoms with Gasteiger partial charge in [0.15, 0.2) is 0 Å². The van der Waals surface area contributed by atoms with E-state index in [1.54, 1.807) is 18.4 Å². The fourth-order valence-corrected chi connectivity index (χ4v) is 9.78. The molecule has 12 nitrogen and oxygen atoms in total. The molecule has 3 N–H and O–H groups in total. The number of likely N-dealkylation sites (tertiary alicyclic amines) is 1. The molecule has 3 atom stereocenters. The SMILES string of the molecule is CC/C(=C(\c1ccccc1)c1ccc(OCCN(C)C(=O)OCc2ccc(CCCCC(=O)N[C@H](C(=O)N3C[C@H](O)C[C@H]3C(=O)NCc3ccc(-c4scnc4C)cc3)C(C)C)cc2)cc1)c1ccccc1. The van der Waals surface area contributed by atoms with Gasteiger partial charge in [-0.3, -0.25) is 14.4 Å². The highest BCUT2D eigenvalue weighted by molar-refractivity contribution is 7.13. The van der Waals surface area contributed by atoms with Crippen LogP contribution < -0.4 is 15.4 Å². The van der Waals surface area contributed by atoms with Crippen molar-refractivity contribution < 1.29 is 33.8 Å². The predicted octanol–water partition coefficient (Wildman–Crippen LogP) is 10.3. The van der Waals surface area contributed by atoms with Gasteiger partial charge in [-0.2, -0.15) is 0 Å². The zero-order chi connectivity index (χ0) is 51.0. The van der Waals surface area contributed by atoms with Crippen molar-refractivity contribution in [3.63, 3.8) is 0 Å². The number of β-amino-alcohol motifs (C(OH)–C–C–N with tert-alkyl or cyclic N) is 1. The topological polar surface area (TPSA) is 150 Å². The van der Waals surface area contributed by atoms with E-state index in [0.29, 0.717) is 19.6 Å². The third-order valence-corrected chi connectivity index (χ3v) is 14.0. The number of unbranched alkanes of at least 4 members (excludes halogenated alkanes) is 1. The molecule has 72 heavy (non-hydrogen) atoms. The summed E-state index contributed by atoms with van der Waals surface area (Å²) in [4.78, 5) is 61.6. The number of rotatable bonds is 22. The molecule has 2 heterocycles. The second kappa shape index (κ2) is 25.9. The van der Waals surface area contributed by atoms with Crippen molar-refractivity contribution in [1.82, 2.24) is 25.4 Å². The van der Waals surface area contributed by atoms with E-state index in [1.165, 1.54) is 26.5 Å². The number of thiazole rings is 1. The fourth-order valence-electron chi connectivity index (χ4n) is 8.97. The average molecular weight is 990 g/mol. The first-order valence-electron chi connectivity index (χ1n) is 25.0. The van der Waals surface area contributed by atoms with E-state index in [-0.39, 0.29) is 56.2 Å². The van der Waals surface area contributed by atoms with E-state index in [0.717, 1.165) is 69.0 Å². The largest absolute Gasteiger partial charge is 0.492 e. The number of hydrogen-bond donors (Lipinski definition) is 3. The second-order valence-electron chi connectivity index (χ2n) is 18.7. The van der Waals surface area contributed by atoms with Crippen LogP contribution in [0, 0.1) is 12.8 Å². The van der Waals surface area contributed by atoms with Crippen molar-refractivity contribution in [2.45, 2.75) is 97.6 Å². The van der Waals surface area contributed by atoms with Gasteiger partial charge in [-0.1, -0.05) is 142 Å². The number of carbonyl (C=O) groups excluding carboxylic acids is 4. The van der Waals surface area contributed by atoms with Crippen molar-refractivity contribution in [2.75, 3.05) is 26.7 Å². The summed E-state index contributed by atoms with van der Waals surface area (Å²) < 4.78 is 11.6. The van der Waals surface area contributed by atoms with Crippen LogP contribution in [0.25, 0.3) is 21.6 Å². The number of carbonyl (C=O) groups is 4. The summed E-state index contributed by atoms with van der Waals surface area (Å²) in [5.74, 6) is -0.472. The van der Waals surface area contributed by atoms with E-state index < -0.39 is 24.3 Å². The molecule has 1 fully saturated rings. The van der Waals surface area contributed by atoms with Gasteiger partial charge in [0.1, 0.15) is 31.0 Å². The van der Waals surface area contributed by atoms with Gasteiger partial charge in [0.05, 0.1) is 28.7 Å². The van der Waals surface area contributed by atoms with Gasteiger partial charge >= 0.3 is 6.09 Å². The number of hydrogen-bond acceptors (Lipinski definition) is 9. The lowest BCUT2D eigenvalue weighted by molar-refractivity contribution is -0.142. The minimum absolute atomic E-state index is 0.0227. The van der Waals surface area contributed by atoms with Crippen molar-refractivity contribution in [2.24, 2.45) is 5.92 Å². The Morgan fingerprint density at radius 3 is 2.10 bits per heavy atom. The number of aryl methyl sites for hydroxylation is 2. The van der Waals surface area contributed by atoms with Gasteiger partial charge in [0.2, 0.25) is 17.7 Å². The summed E-state index contributed by atoms with van der Waals surface area (Å²) in [6.07, 6.45) is 2.09. The average Bonchev–Trinajstić information content (AvgIpc) is 4.02. The summed E-state index contributed by atoms with van der Waals surface area (Å²) in [7, 11) is 1.69. The molecule has 0 spiro atoms. The molecule has 1 aliphatic heterocycles. The summed E-state index contributed by atoms with van der Waals surface area (Å²) in [6.45, 7) is 8.96. The molecular weight excluding hydrogens is 923 g/mol. The van der Waals surface area contributed by atoms with Crippen LogP contribution >= 0.6 is 11.3 Å². The van der Waals surface area contributed by atoms with Crippen LogP contribution in [0.2, 0.25) is 0 Å². The number of aromatic nitrogens is 1. The van der Waals surface area contributed by atoms with Crippen LogP contribution in [-0.2, 0) is 38.7 Å². The molecule has 13 heteroatoms. The third-order valence-electron chi connectivity index (χ3n) is 13.0. The highest BCUT2D eigenvalue weighted by Crippen LogP contribution is 2.35. The number of aliphatic hydroxyl groups is 1. The molecule has 0 aliphatic carbocycles. The van der Waals surface area contributed by atoms with E-state index in [9.17, 15) is 24.3 Å². The molecular formula is C59H67N5O7S. The maximum Gasteiger partial charge on any atom is 0.409 e. The summed E-state index contributed by atoms with van der Waals surface area (Å²) in [6, 6.07) is 43.2. The van der Waals surface area contributed by atoms with Gasteiger partial charge in [-0.25, -0.2) is 9.78 Å². The lowest BCUT2D eigenvalue weighted by Crippen LogP contribution is -2.55. The molecule has 0 unspecified atom stereocenters. The predicted molar refractivity (Wildman–Crippen MR) is 285 cm³/mol. The Kier molecular flexibility index (Phi) is 18.9. The van der Waals surface area contributed by atoms with E-state index in [4.69, 9.17) is 9.47 Å². The first kappa shape index (κ1) is 52.7. The van der Waals surface area contributed by atoms with Crippen LogP contribution in [0.4, 0.5) is 4.79 Å². The van der Waals surface area contributed by atoms with Gasteiger partial charge in [0, 0.05) is 33.0 Å². The van der Waals surface area contributed by atoms with E-state index in [2.05, 4.69) is 83.2 Å². The van der Waals surface area contributed by atoms with Crippen LogP contribution in [-0.4, -0.2) is 88.6 Å². The summed E-state index contributed by atoms with van der Waals surface area (Å²) in [5, 5.41) is 16.4. The molecule has 1 saturated heterocycles. The summed E-state index contributed by atoms with van der Waals surface area (Å²) >= 11 is 1.58. The van der Waals surface area contributed by atoms with Gasteiger partial charge < -0.3 is 35.0 Å². The van der Waals surface area contributed by atoms with Crippen molar-refractivity contribution in [1.29, 1.82) is 0 Å². The van der Waals surface area contributed by atoms with Crippen LogP contribution in [0.5, 0.6) is 5.75 Å². The lowest BCUT2D eigenvalue weighted by atomic mass is 9.88. The van der Waals surface area contributed by atoms with E-state index >= 15 is 0 Å². The maximum atomic E-state index is 13.9. The van der Waals surface area contributed by atoms with Crippen molar-refractivity contribution in [3.8, 4) is 16.2 Å². The number of likely N-dealkylation sites (N-methyl/N-ethyl adjacent to an activating group) is 1. The van der Waals surface area contributed by atoms with Crippen molar-refractivity contribution in [3.05, 3.63) is 178 Å². The highest BCUT2D eigenvalue weighted by Gasteiger charge is 2.42. The Bertz CT molecular complexity index is 2740. The number of aliphatic hydroxyl groups excluding tert-OH is 1. The maximum absolute atomic E-state index is 13.9. The molecule has 5 aromatic carbocycles. The zero-order valence-corrected chi connectivity index (χ0v) is 42.8. The van der Waals surface area contributed by atoms with E-state index in [1.807, 2.05) is 99.1 Å². The Morgan fingerprint density at radius 2 is 1.46 bits per heavy atom. The molecule has 0 radical (unpaired) electrons. The quantitative estimate of drug-likeness (QED) is 0.0450. The molecule has 1 aliphatic rings. The number of benzene rings is 5. The van der Waals surface area contributed by atoms with Crippen molar-refractivity contribution >= 4 is 46.3 Å².